The van der Waals surface area contributed by atoms with Crippen molar-refractivity contribution < 1.29 is 19.0 Å². The van der Waals surface area contributed by atoms with Crippen molar-refractivity contribution in [2.45, 2.75) is 51.1 Å². The van der Waals surface area contributed by atoms with Gasteiger partial charge < -0.3 is 14.2 Å². The first-order valence-electron chi connectivity index (χ1n) is 5.47. The fourth-order valence-corrected chi connectivity index (χ4v) is 2.53. The molecule has 2 aliphatic rings. The Kier molecular flexibility index (Phi) is 2.73. The fourth-order valence-electron chi connectivity index (χ4n) is 2.53. The van der Waals surface area contributed by atoms with E-state index in [9.17, 15) is 4.79 Å². The van der Waals surface area contributed by atoms with Gasteiger partial charge in [-0.15, -0.1) is 0 Å². The Morgan fingerprint density at radius 2 is 2.07 bits per heavy atom. The van der Waals surface area contributed by atoms with Crippen molar-refractivity contribution in [3.05, 3.63) is 0 Å². The van der Waals surface area contributed by atoms with Crippen LogP contribution < -0.4 is 0 Å². The Morgan fingerprint density at radius 3 is 2.73 bits per heavy atom. The largest absolute Gasteiger partial charge is 0.469 e. The molecule has 86 valence electrons. The summed E-state index contributed by atoms with van der Waals surface area (Å²) in [5.41, 5.74) is 0. The summed E-state index contributed by atoms with van der Waals surface area (Å²) in [5.74, 6) is -0.895. The molecule has 1 aliphatic heterocycles. The summed E-state index contributed by atoms with van der Waals surface area (Å²) in [6, 6.07) is 0. The van der Waals surface area contributed by atoms with Gasteiger partial charge in [-0.3, -0.25) is 4.79 Å². The molecule has 0 radical (unpaired) electrons. The van der Waals surface area contributed by atoms with Gasteiger partial charge in [-0.1, -0.05) is 0 Å². The summed E-state index contributed by atoms with van der Waals surface area (Å²) in [5, 5.41) is 0. The van der Waals surface area contributed by atoms with Crippen LogP contribution >= 0.6 is 0 Å². The van der Waals surface area contributed by atoms with Gasteiger partial charge in [0, 0.05) is 0 Å². The third-order valence-electron chi connectivity index (χ3n) is 3.13. The predicted octanol–water partition coefficient (Wildman–Crippen LogP) is 1.48. The molecule has 0 aromatic heterocycles. The zero-order chi connectivity index (χ0) is 11.1. The molecule has 4 heteroatoms. The lowest BCUT2D eigenvalue weighted by Crippen LogP contribution is -2.40. The van der Waals surface area contributed by atoms with Gasteiger partial charge in [-0.05, 0) is 33.1 Å². The number of esters is 1. The van der Waals surface area contributed by atoms with Crippen molar-refractivity contribution in [3.8, 4) is 0 Å². The van der Waals surface area contributed by atoms with Crippen LogP contribution in [0.1, 0.15) is 33.1 Å². The Morgan fingerprint density at radius 1 is 1.33 bits per heavy atom. The molecule has 2 rings (SSSR count). The van der Waals surface area contributed by atoms with Crippen LogP contribution in [0.25, 0.3) is 0 Å². The van der Waals surface area contributed by atoms with Gasteiger partial charge in [-0.2, -0.15) is 0 Å². The Balaban J connectivity index is 2.12. The van der Waals surface area contributed by atoms with Gasteiger partial charge in [0.1, 0.15) is 6.10 Å². The molecule has 0 amide bonds. The highest BCUT2D eigenvalue weighted by Gasteiger charge is 2.49. The number of hydrogen-bond donors (Lipinski definition) is 0. The van der Waals surface area contributed by atoms with Crippen LogP contribution in [0, 0.1) is 5.92 Å². The molecule has 0 N–H and O–H groups in total. The van der Waals surface area contributed by atoms with E-state index in [1.54, 1.807) is 0 Å². The number of ether oxygens (including phenoxy) is 3. The van der Waals surface area contributed by atoms with Crippen LogP contribution in [-0.4, -0.2) is 31.1 Å². The molecule has 15 heavy (non-hydrogen) atoms. The van der Waals surface area contributed by atoms with E-state index in [0.29, 0.717) is 0 Å². The topological polar surface area (TPSA) is 44.8 Å². The maximum absolute atomic E-state index is 11.6. The average Bonchev–Trinajstić information content (AvgIpc) is 2.49. The Bertz CT molecular complexity index is 261. The molecule has 1 saturated heterocycles. The Labute approximate surface area is 89.9 Å². The second kappa shape index (κ2) is 3.76. The molecule has 0 aromatic rings. The van der Waals surface area contributed by atoms with E-state index in [0.717, 1.165) is 19.3 Å². The molecule has 4 nitrogen and oxygen atoms in total. The first kappa shape index (κ1) is 10.9. The fraction of sp³-hybridized carbons (Fsp3) is 0.909. The normalized spacial score (nSPS) is 38.5. The summed E-state index contributed by atoms with van der Waals surface area (Å²) in [4.78, 5) is 11.6. The van der Waals surface area contributed by atoms with Crippen molar-refractivity contribution in [1.82, 2.24) is 0 Å². The molecule has 2 fully saturated rings. The molecular weight excluding hydrogens is 196 g/mol. The third-order valence-corrected chi connectivity index (χ3v) is 3.13. The number of fused-ring (bicyclic) bond motifs is 1. The second-order valence-corrected chi connectivity index (χ2v) is 4.70. The summed E-state index contributed by atoms with van der Waals surface area (Å²) in [7, 11) is 1.42. The van der Waals surface area contributed by atoms with Gasteiger partial charge >= 0.3 is 5.97 Å². The molecular formula is C11H18O4. The SMILES string of the molecule is COC(=O)[C@@H]1CCC[C@@H]2OC(C)(C)O[C@@H]21. The van der Waals surface area contributed by atoms with Gasteiger partial charge in [0.15, 0.2) is 5.79 Å². The lowest BCUT2D eigenvalue weighted by Gasteiger charge is -2.28. The number of rotatable bonds is 1. The molecule has 0 aromatic carbocycles. The molecule has 0 spiro atoms. The second-order valence-electron chi connectivity index (χ2n) is 4.70. The summed E-state index contributed by atoms with van der Waals surface area (Å²) >= 11 is 0. The maximum atomic E-state index is 11.6. The highest BCUT2D eigenvalue weighted by molar-refractivity contribution is 5.73. The third kappa shape index (κ3) is 2.01. The summed E-state index contributed by atoms with van der Waals surface area (Å²) in [6.45, 7) is 3.78. The van der Waals surface area contributed by atoms with E-state index < -0.39 is 5.79 Å². The van der Waals surface area contributed by atoms with Crippen molar-refractivity contribution in [2.24, 2.45) is 5.92 Å². The average molecular weight is 214 g/mol. The highest BCUT2D eigenvalue weighted by Crippen LogP contribution is 2.40. The van der Waals surface area contributed by atoms with Crippen molar-refractivity contribution in [2.75, 3.05) is 7.11 Å². The zero-order valence-corrected chi connectivity index (χ0v) is 9.49. The minimum Gasteiger partial charge on any atom is -0.469 e. The Hall–Kier alpha value is -0.610. The van der Waals surface area contributed by atoms with Crippen molar-refractivity contribution in [1.29, 1.82) is 0 Å². The first-order chi connectivity index (χ1) is 7.03. The van der Waals surface area contributed by atoms with E-state index in [2.05, 4.69) is 0 Å². The van der Waals surface area contributed by atoms with Crippen LogP contribution in [0.15, 0.2) is 0 Å². The summed E-state index contributed by atoms with van der Waals surface area (Å²) < 4.78 is 16.3. The van der Waals surface area contributed by atoms with E-state index >= 15 is 0 Å². The number of carbonyl (C=O) groups excluding carboxylic acids is 1. The van der Waals surface area contributed by atoms with Crippen LogP contribution in [0.4, 0.5) is 0 Å². The minimum atomic E-state index is -0.564. The molecule has 0 bridgehead atoms. The maximum Gasteiger partial charge on any atom is 0.311 e. The van der Waals surface area contributed by atoms with E-state index in [1.807, 2.05) is 13.8 Å². The van der Waals surface area contributed by atoms with E-state index in [1.165, 1.54) is 7.11 Å². The highest BCUT2D eigenvalue weighted by atomic mass is 16.8. The lowest BCUT2D eigenvalue weighted by molar-refractivity contribution is -0.161. The van der Waals surface area contributed by atoms with Crippen LogP contribution in [0.5, 0.6) is 0 Å². The van der Waals surface area contributed by atoms with Crippen LogP contribution in [0.2, 0.25) is 0 Å². The number of hydrogen-bond acceptors (Lipinski definition) is 4. The minimum absolute atomic E-state index is 0.0536. The lowest BCUT2D eigenvalue weighted by atomic mass is 9.84. The summed E-state index contributed by atoms with van der Waals surface area (Å²) in [6.07, 6.45) is 2.74. The van der Waals surface area contributed by atoms with Crippen molar-refractivity contribution >= 4 is 5.97 Å². The molecule has 1 saturated carbocycles. The van der Waals surface area contributed by atoms with Gasteiger partial charge in [0.05, 0.1) is 19.1 Å². The van der Waals surface area contributed by atoms with E-state index in [-0.39, 0.29) is 24.1 Å². The van der Waals surface area contributed by atoms with Crippen LogP contribution in [-0.2, 0) is 19.0 Å². The predicted molar refractivity (Wildman–Crippen MR) is 53.2 cm³/mol. The molecule has 1 aliphatic carbocycles. The zero-order valence-electron chi connectivity index (χ0n) is 9.49. The standard InChI is InChI=1S/C11H18O4/c1-11(2)14-8-6-4-5-7(9(8)15-11)10(12)13-3/h7-9H,4-6H2,1-3H3/t7-,8+,9-/m1/s1. The van der Waals surface area contributed by atoms with Gasteiger partial charge in [0.2, 0.25) is 0 Å². The monoisotopic (exact) mass is 214 g/mol. The quantitative estimate of drug-likeness (QED) is 0.620. The molecule has 3 atom stereocenters. The molecule has 1 heterocycles. The van der Waals surface area contributed by atoms with Crippen LogP contribution in [0.3, 0.4) is 0 Å². The van der Waals surface area contributed by atoms with Gasteiger partial charge in [0.25, 0.3) is 0 Å². The molecule has 0 unspecified atom stereocenters. The van der Waals surface area contributed by atoms with Crippen molar-refractivity contribution in [3.63, 3.8) is 0 Å². The van der Waals surface area contributed by atoms with E-state index in [4.69, 9.17) is 14.2 Å². The van der Waals surface area contributed by atoms with Gasteiger partial charge in [-0.25, -0.2) is 0 Å². The first-order valence-corrected chi connectivity index (χ1v) is 5.47. The number of carbonyl (C=O) groups is 1. The smallest absolute Gasteiger partial charge is 0.311 e. The number of methoxy groups -OCH3 is 1.